The van der Waals surface area contributed by atoms with Crippen LogP contribution in [0.4, 0.5) is 5.69 Å². The number of carbonyl (C=O) groups is 1. The first-order chi connectivity index (χ1) is 12.2. The Hall–Kier alpha value is -3.01. The summed E-state index contributed by atoms with van der Waals surface area (Å²) in [6, 6.07) is 16.6. The molecule has 126 valence electrons. The maximum atomic E-state index is 13.0. The average Bonchev–Trinajstić information content (AvgIpc) is 3.03. The maximum absolute atomic E-state index is 13.0. The molecule has 1 amide bonds. The van der Waals surface area contributed by atoms with Crippen molar-refractivity contribution in [1.82, 2.24) is 4.57 Å². The van der Waals surface area contributed by atoms with Crippen molar-refractivity contribution in [1.29, 1.82) is 0 Å². The third-order valence-electron chi connectivity index (χ3n) is 4.69. The molecule has 0 fully saturated rings. The summed E-state index contributed by atoms with van der Waals surface area (Å²) in [6.45, 7) is 0.943. The van der Waals surface area contributed by atoms with E-state index in [9.17, 15) is 9.90 Å². The van der Waals surface area contributed by atoms with Crippen LogP contribution in [0.2, 0.25) is 0 Å². The molecule has 4 nitrogen and oxygen atoms in total. The molecule has 0 radical (unpaired) electrons. The van der Waals surface area contributed by atoms with Crippen LogP contribution in [-0.2, 0) is 13.0 Å². The number of amides is 1. The van der Waals surface area contributed by atoms with E-state index in [-0.39, 0.29) is 11.7 Å². The number of benzene rings is 2. The lowest BCUT2D eigenvalue weighted by Crippen LogP contribution is -2.17. The molecular formula is C21H20N2O2. The Kier molecular flexibility index (Phi) is 4.02. The van der Waals surface area contributed by atoms with Gasteiger partial charge in [-0.3, -0.25) is 4.79 Å². The first kappa shape index (κ1) is 15.5. The topological polar surface area (TPSA) is 54.3 Å². The van der Waals surface area contributed by atoms with Gasteiger partial charge in [-0.1, -0.05) is 30.3 Å². The molecule has 0 saturated heterocycles. The fourth-order valence-corrected chi connectivity index (χ4v) is 3.47. The molecule has 0 unspecified atom stereocenters. The molecule has 4 heteroatoms. The number of hydrogen-bond acceptors (Lipinski definition) is 2. The highest BCUT2D eigenvalue weighted by Crippen LogP contribution is 2.33. The minimum Gasteiger partial charge on any atom is -0.508 e. The van der Waals surface area contributed by atoms with E-state index in [1.54, 1.807) is 12.1 Å². The molecule has 0 spiro atoms. The number of anilines is 1. The van der Waals surface area contributed by atoms with E-state index in [2.05, 4.69) is 16.1 Å². The number of carbonyl (C=O) groups excluding carboxylic acids is 1. The summed E-state index contributed by atoms with van der Waals surface area (Å²) in [5.74, 6) is 0.146. The number of nitrogens with zero attached hydrogens (tertiary/aromatic N) is 1. The van der Waals surface area contributed by atoms with Crippen molar-refractivity contribution in [3.05, 3.63) is 72.1 Å². The van der Waals surface area contributed by atoms with Gasteiger partial charge < -0.3 is 15.0 Å². The van der Waals surface area contributed by atoms with E-state index >= 15 is 0 Å². The normalized spacial score (nSPS) is 13.3. The molecule has 0 atom stereocenters. The summed E-state index contributed by atoms with van der Waals surface area (Å²) in [7, 11) is 0. The van der Waals surface area contributed by atoms with Gasteiger partial charge in [0.25, 0.3) is 5.91 Å². The van der Waals surface area contributed by atoms with Crippen LogP contribution in [-0.4, -0.2) is 15.6 Å². The van der Waals surface area contributed by atoms with Crippen molar-refractivity contribution >= 4 is 11.6 Å². The number of aryl methyl sites for hydroxylation is 1. The standard InChI is InChI=1S/C21H20N2O2/c24-17-11-9-15(10-12-17)18-14-23-13-5-4-8-19(23)20(18)21(25)22-16-6-2-1-3-7-16/h1-3,6-7,9-12,14,24H,4-5,8,13H2,(H,22,25). The number of phenolic OH excluding ortho intramolecular Hbond substituents is 1. The van der Waals surface area contributed by atoms with E-state index in [0.29, 0.717) is 0 Å². The van der Waals surface area contributed by atoms with Crippen molar-refractivity contribution in [3.63, 3.8) is 0 Å². The molecule has 2 aromatic carbocycles. The van der Waals surface area contributed by atoms with Crippen LogP contribution in [0.3, 0.4) is 0 Å². The van der Waals surface area contributed by atoms with Crippen LogP contribution in [0.25, 0.3) is 11.1 Å². The molecule has 1 aliphatic rings. The lowest BCUT2D eigenvalue weighted by atomic mass is 9.99. The van der Waals surface area contributed by atoms with E-state index in [1.807, 2.05) is 42.5 Å². The zero-order valence-corrected chi connectivity index (χ0v) is 13.9. The van der Waals surface area contributed by atoms with E-state index in [1.165, 1.54) is 0 Å². The Labute approximate surface area is 146 Å². The molecule has 2 heterocycles. The molecule has 1 aliphatic heterocycles. The van der Waals surface area contributed by atoms with Gasteiger partial charge in [-0.25, -0.2) is 0 Å². The smallest absolute Gasteiger partial charge is 0.258 e. The van der Waals surface area contributed by atoms with Crippen LogP contribution < -0.4 is 5.32 Å². The minimum absolute atomic E-state index is 0.0788. The molecule has 2 N–H and O–H groups in total. The second-order valence-electron chi connectivity index (χ2n) is 6.38. The van der Waals surface area contributed by atoms with Gasteiger partial charge >= 0.3 is 0 Å². The highest BCUT2D eigenvalue weighted by molar-refractivity contribution is 6.09. The second-order valence-corrected chi connectivity index (χ2v) is 6.38. The molecule has 0 aliphatic carbocycles. The maximum Gasteiger partial charge on any atom is 0.258 e. The molecular weight excluding hydrogens is 312 g/mol. The Bertz CT molecular complexity index is 896. The number of fused-ring (bicyclic) bond motifs is 1. The van der Waals surface area contributed by atoms with E-state index in [4.69, 9.17) is 0 Å². The molecule has 0 bridgehead atoms. The fraction of sp³-hybridized carbons (Fsp3) is 0.190. The van der Waals surface area contributed by atoms with E-state index < -0.39 is 0 Å². The second kappa shape index (κ2) is 6.48. The average molecular weight is 332 g/mol. The largest absolute Gasteiger partial charge is 0.508 e. The monoisotopic (exact) mass is 332 g/mol. The molecule has 1 aromatic heterocycles. The van der Waals surface area contributed by atoms with Crippen molar-refractivity contribution in [3.8, 4) is 16.9 Å². The summed E-state index contributed by atoms with van der Waals surface area (Å²) < 4.78 is 2.20. The van der Waals surface area contributed by atoms with Gasteiger partial charge in [0.2, 0.25) is 0 Å². The van der Waals surface area contributed by atoms with Crippen LogP contribution in [0.5, 0.6) is 5.75 Å². The van der Waals surface area contributed by atoms with Crippen LogP contribution in [0.1, 0.15) is 28.9 Å². The Balaban J connectivity index is 1.78. The fourth-order valence-electron chi connectivity index (χ4n) is 3.47. The third kappa shape index (κ3) is 3.03. The van der Waals surface area contributed by atoms with Gasteiger partial charge in [0.1, 0.15) is 5.75 Å². The van der Waals surface area contributed by atoms with Crippen molar-refractivity contribution in [2.24, 2.45) is 0 Å². The van der Waals surface area contributed by atoms with Crippen LogP contribution in [0, 0.1) is 0 Å². The summed E-state index contributed by atoms with van der Waals surface area (Å²) in [5.41, 5.74) is 4.50. The zero-order valence-electron chi connectivity index (χ0n) is 13.9. The number of hydrogen-bond donors (Lipinski definition) is 2. The Morgan fingerprint density at radius 1 is 1.00 bits per heavy atom. The molecule has 3 aromatic rings. The quantitative estimate of drug-likeness (QED) is 0.744. The van der Waals surface area contributed by atoms with Crippen LogP contribution >= 0.6 is 0 Å². The first-order valence-corrected chi connectivity index (χ1v) is 8.60. The predicted octanol–water partition coefficient (Wildman–Crippen LogP) is 4.45. The first-order valence-electron chi connectivity index (χ1n) is 8.60. The number of aromatic hydroxyl groups is 1. The number of aromatic nitrogens is 1. The number of rotatable bonds is 3. The lowest BCUT2D eigenvalue weighted by Gasteiger charge is -2.16. The van der Waals surface area contributed by atoms with Crippen molar-refractivity contribution in [2.45, 2.75) is 25.8 Å². The van der Waals surface area contributed by atoms with Gasteiger partial charge in [0.05, 0.1) is 5.56 Å². The van der Waals surface area contributed by atoms with Gasteiger partial charge in [-0.2, -0.15) is 0 Å². The van der Waals surface area contributed by atoms with Gasteiger partial charge in [-0.05, 0) is 49.1 Å². The zero-order chi connectivity index (χ0) is 17.2. The summed E-state index contributed by atoms with van der Waals surface area (Å²) >= 11 is 0. The third-order valence-corrected chi connectivity index (χ3v) is 4.69. The van der Waals surface area contributed by atoms with Crippen molar-refractivity contribution in [2.75, 3.05) is 5.32 Å². The van der Waals surface area contributed by atoms with E-state index in [0.717, 1.165) is 53.9 Å². The van der Waals surface area contributed by atoms with Gasteiger partial charge in [0.15, 0.2) is 0 Å². The SMILES string of the molecule is O=C(Nc1ccccc1)c1c(-c2ccc(O)cc2)cn2c1CCCC2. The number of phenols is 1. The molecule has 4 rings (SSSR count). The van der Waals surface area contributed by atoms with Crippen molar-refractivity contribution < 1.29 is 9.90 Å². The minimum atomic E-state index is -0.0788. The predicted molar refractivity (Wildman–Crippen MR) is 98.9 cm³/mol. The molecule has 0 saturated carbocycles. The molecule has 25 heavy (non-hydrogen) atoms. The summed E-state index contributed by atoms with van der Waals surface area (Å²) in [6.07, 6.45) is 5.22. The Morgan fingerprint density at radius 2 is 1.76 bits per heavy atom. The lowest BCUT2D eigenvalue weighted by molar-refractivity contribution is 0.102. The van der Waals surface area contributed by atoms with Gasteiger partial charge in [0, 0.05) is 29.7 Å². The highest BCUT2D eigenvalue weighted by atomic mass is 16.3. The van der Waals surface area contributed by atoms with Gasteiger partial charge in [-0.15, -0.1) is 0 Å². The van der Waals surface area contributed by atoms with Crippen LogP contribution in [0.15, 0.2) is 60.8 Å². The summed E-state index contributed by atoms with van der Waals surface area (Å²) in [5, 5.41) is 12.6. The highest BCUT2D eigenvalue weighted by Gasteiger charge is 2.24. The summed E-state index contributed by atoms with van der Waals surface area (Å²) in [4.78, 5) is 13.0. The Morgan fingerprint density at radius 3 is 2.52 bits per heavy atom. The number of para-hydroxylation sites is 1. The number of nitrogens with one attached hydrogen (secondary N) is 1.